The molecule has 1 aliphatic rings. The van der Waals surface area contributed by atoms with Gasteiger partial charge in [-0.2, -0.15) is 0 Å². The largest absolute Gasteiger partial charge is 0.467 e. The second kappa shape index (κ2) is 8.32. The van der Waals surface area contributed by atoms with Crippen LogP contribution in [0.15, 0.2) is 47.1 Å². The fourth-order valence-electron chi connectivity index (χ4n) is 3.50. The molecule has 1 aromatic heterocycles. The summed E-state index contributed by atoms with van der Waals surface area (Å²) in [5.74, 6) is 0.997. The van der Waals surface area contributed by atoms with Crippen LogP contribution in [0.25, 0.3) is 0 Å². The highest BCUT2D eigenvalue weighted by atomic mass is 16.3. The molecule has 1 saturated carbocycles. The van der Waals surface area contributed by atoms with E-state index in [1.54, 1.807) is 12.3 Å². The van der Waals surface area contributed by atoms with Crippen LogP contribution < -0.4 is 5.32 Å². The number of nitrogens with zero attached hydrogens (tertiary/aromatic N) is 1. The van der Waals surface area contributed by atoms with Gasteiger partial charge in [0.1, 0.15) is 5.76 Å². The van der Waals surface area contributed by atoms with E-state index >= 15 is 0 Å². The summed E-state index contributed by atoms with van der Waals surface area (Å²) in [5, 5.41) is 12.8. The molecule has 25 heavy (non-hydrogen) atoms. The van der Waals surface area contributed by atoms with Crippen LogP contribution in [-0.4, -0.2) is 35.6 Å². The Morgan fingerprint density at radius 3 is 2.92 bits per heavy atom. The van der Waals surface area contributed by atoms with Crippen molar-refractivity contribution in [3.05, 3.63) is 59.5 Å². The van der Waals surface area contributed by atoms with Gasteiger partial charge in [0, 0.05) is 18.7 Å². The van der Waals surface area contributed by atoms with E-state index in [0.29, 0.717) is 18.0 Å². The Bertz CT molecular complexity index is 684. The molecular formula is C20H26N2O3. The maximum Gasteiger partial charge on any atom is 0.251 e. The monoisotopic (exact) mass is 342 g/mol. The van der Waals surface area contributed by atoms with Crippen molar-refractivity contribution < 1.29 is 14.3 Å². The molecule has 134 valence electrons. The summed E-state index contributed by atoms with van der Waals surface area (Å²) in [6.07, 6.45) is 4.57. The van der Waals surface area contributed by atoms with Gasteiger partial charge < -0.3 is 19.7 Å². The minimum Gasteiger partial charge on any atom is -0.467 e. The Balaban J connectivity index is 1.54. The number of hydrogen-bond donors (Lipinski definition) is 2. The van der Waals surface area contributed by atoms with Gasteiger partial charge in [0.25, 0.3) is 5.91 Å². The normalized spacial score (nSPS) is 20.1. The van der Waals surface area contributed by atoms with Crippen molar-refractivity contribution in [1.82, 2.24) is 10.2 Å². The van der Waals surface area contributed by atoms with E-state index in [9.17, 15) is 9.90 Å². The summed E-state index contributed by atoms with van der Waals surface area (Å²) in [5.41, 5.74) is 1.75. The molecular weight excluding hydrogens is 316 g/mol. The Morgan fingerprint density at radius 2 is 2.20 bits per heavy atom. The number of aliphatic hydroxyl groups excluding tert-OH is 1. The molecule has 2 atom stereocenters. The van der Waals surface area contributed by atoms with E-state index in [2.05, 4.69) is 17.3 Å². The van der Waals surface area contributed by atoms with E-state index < -0.39 is 0 Å². The molecule has 0 radical (unpaired) electrons. The fourth-order valence-corrected chi connectivity index (χ4v) is 3.50. The second-order valence-electron chi connectivity index (χ2n) is 6.92. The minimum absolute atomic E-state index is 0.105. The summed E-state index contributed by atoms with van der Waals surface area (Å²) in [6, 6.07) is 11.3. The van der Waals surface area contributed by atoms with Gasteiger partial charge in [-0.25, -0.2) is 0 Å². The topological polar surface area (TPSA) is 65.7 Å². The van der Waals surface area contributed by atoms with Crippen molar-refractivity contribution >= 4 is 5.91 Å². The highest BCUT2D eigenvalue weighted by Gasteiger charge is 2.26. The first kappa shape index (κ1) is 17.7. The maximum atomic E-state index is 12.3. The van der Waals surface area contributed by atoms with Crippen LogP contribution in [0.1, 0.15) is 40.9 Å². The predicted octanol–water partition coefficient (Wildman–Crippen LogP) is 2.80. The zero-order valence-corrected chi connectivity index (χ0v) is 14.6. The summed E-state index contributed by atoms with van der Waals surface area (Å²) in [6.45, 7) is 2.04. The minimum atomic E-state index is -0.166. The third-order valence-electron chi connectivity index (χ3n) is 4.81. The molecule has 0 bridgehead atoms. The maximum absolute atomic E-state index is 12.3. The van der Waals surface area contributed by atoms with Crippen molar-refractivity contribution in [3.63, 3.8) is 0 Å². The number of nitrogens with one attached hydrogen (secondary N) is 1. The summed E-state index contributed by atoms with van der Waals surface area (Å²) < 4.78 is 5.23. The molecule has 1 aliphatic carbocycles. The van der Waals surface area contributed by atoms with Crippen molar-refractivity contribution in [1.29, 1.82) is 0 Å². The zero-order chi connectivity index (χ0) is 17.6. The van der Waals surface area contributed by atoms with E-state index in [0.717, 1.165) is 43.7 Å². The van der Waals surface area contributed by atoms with Crippen LogP contribution in [0.5, 0.6) is 0 Å². The predicted molar refractivity (Wildman–Crippen MR) is 96.0 cm³/mol. The summed E-state index contributed by atoms with van der Waals surface area (Å²) >= 11 is 0. The number of carbonyl (C=O) groups is 1. The quantitative estimate of drug-likeness (QED) is 0.812. The molecule has 1 heterocycles. The fraction of sp³-hybridized carbons (Fsp3) is 0.450. The van der Waals surface area contributed by atoms with Crippen LogP contribution in [0.4, 0.5) is 0 Å². The van der Waals surface area contributed by atoms with Crippen molar-refractivity contribution in [2.75, 3.05) is 13.6 Å². The Kier molecular flexibility index (Phi) is 5.89. The number of furan rings is 1. The number of carbonyl (C=O) groups excluding carboxylic acids is 1. The van der Waals surface area contributed by atoms with Crippen molar-refractivity contribution in [2.45, 2.75) is 38.5 Å². The van der Waals surface area contributed by atoms with E-state index in [4.69, 9.17) is 4.42 Å². The lowest BCUT2D eigenvalue weighted by molar-refractivity contribution is 0.0948. The van der Waals surface area contributed by atoms with Gasteiger partial charge in [-0.1, -0.05) is 18.6 Å². The summed E-state index contributed by atoms with van der Waals surface area (Å²) in [4.78, 5) is 14.5. The van der Waals surface area contributed by atoms with Crippen LogP contribution in [0.3, 0.4) is 0 Å². The Morgan fingerprint density at radius 1 is 1.32 bits per heavy atom. The van der Waals surface area contributed by atoms with E-state index in [-0.39, 0.29) is 12.0 Å². The van der Waals surface area contributed by atoms with Gasteiger partial charge in [-0.15, -0.1) is 0 Å². The molecule has 1 aromatic carbocycles. The van der Waals surface area contributed by atoms with Crippen molar-refractivity contribution in [2.24, 2.45) is 5.92 Å². The molecule has 1 amide bonds. The Labute approximate surface area is 148 Å². The SMILES string of the molecule is CN(Cc1cccc(C(=O)NCc2ccco2)c1)CC1CCCC1O. The average molecular weight is 342 g/mol. The lowest BCUT2D eigenvalue weighted by atomic mass is 10.0. The molecule has 0 aliphatic heterocycles. The van der Waals surface area contributed by atoms with Crippen LogP contribution in [0, 0.1) is 5.92 Å². The molecule has 0 spiro atoms. The second-order valence-corrected chi connectivity index (χ2v) is 6.92. The number of rotatable bonds is 7. The van der Waals surface area contributed by atoms with Crippen LogP contribution in [-0.2, 0) is 13.1 Å². The lowest BCUT2D eigenvalue weighted by Gasteiger charge is -2.23. The van der Waals surface area contributed by atoms with E-state index in [1.807, 2.05) is 30.3 Å². The van der Waals surface area contributed by atoms with Gasteiger partial charge in [0.15, 0.2) is 0 Å². The van der Waals surface area contributed by atoms with Gasteiger partial charge >= 0.3 is 0 Å². The molecule has 1 fully saturated rings. The van der Waals surface area contributed by atoms with Gasteiger partial charge in [-0.05, 0) is 55.6 Å². The highest BCUT2D eigenvalue weighted by Crippen LogP contribution is 2.26. The smallest absolute Gasteiger partial charge is 0.251 e. The Hall–Kier alpha value is -2.11. The molecule has 5 heteroatoms. The number of aliphatic hydroxyl groups is 1. The number of amides is 1. The van der Waals surface area contributed by atoms with Gasteiger partial charge in [0.2, 0.25) is 0 Å². The number of benzene rings is 1. The van der Waals surface area contributed by atoms with E-state index in [1.165, 1.54) is 0 Å². The molecule has 5 nitrogen and oxygen atoms in total. The van der Waals surface area contributed by atoms with Crippen molar-refractivity contribution in [3.8, 4) is 0 Å². The molecule has 2 N–H and O–H groups in total. The first-order valence-corrected chi connectivity index (χ1v) is 8.88. The number of hydrogen-bond acceptors (Lipinski definition) is 4. The standard InChI is InChI=1S/C20H26N2O3/c1-22(14-17-7-3-9-19(17)23)13-15-5-2-6-16(11-15)20(24)21-12-18-8-4-10-25-18/h2,4-6,8,10-11,17,19,23H,3,7,9,12-14H2,1H3,(H,21,24). The molecule has 0 saturated heterocycles. The first-order valence-electron chi connectivity index (χ1n) is 8.88. The van der Waals surface area contributed by atoms with Gasteiger partial charge in [-0.3, -0.25) is 4.79 Å². The molecule has 2 unspecified atom stereocenters. The van der Waals surface area contributed by atoms with Crippen LogP contribution in [0.2, 0.25) is 0 Å². The van der Waals surface area contributed by atoms with Crippen LogP contribution >= 0.6 is 0 Å². The third kappa shape index (κ3) is 4.94. The average Bonchev–Trinajstić information content (AvgIpc) is 3.25. The lowest BCUT2D eigenvalue weighted by Crippen LogP contribution is -2.29. The zero-order valence-electron chi connectivity index (χ0n) is 14.6. The molecule has 3 rings (SSSR count). The molecule has 2 aromatic rings. The van der Waals surface area contributed by atoms with Gasteiger partial charge in [0.05, 0.1) is 18.9 Å². The third-order valence-corrected chi connectivity index (χ3v) is 4.81. The highest BCUT2D eigenvalue weighted by molar-refractivity contribution is 5.94. The first-order chi connectivity index (χ1) is 12.1. The summed E-state index contributed by atoms with van der Waals surface area (Å²) in [7, 11) is 2.06.